The topological polar surface area (TPSA) is 90.6 Å². The minimum atomic E-state index is -1.45. The Labute approximate surface area is 122 Å². The van der Waals surface area contributed by atoms with Crippen molar-refractivity contribution in [1.82, 2.24) is 0 Å². The van der Waals surface area contributed by atoms with E-state index in [1.807, 2.05) is 0 Å². The van der Waals surface area contributed by atoms with E-state index in [9.17, 15) is 24.2 Å². The zero-order valence-electron chi connectivity index (χ0n) is 11.0. The molecule has 6 heteroatoms. The number of carboxylic acid groups (broad SMARTS) is 1. The number of benzene rings is 2. The second-order valence-corrected chi connectivity index (χ2v) is 4.61. The first-order chi connectivity index (χ1) is 10.5. The summed E-state index contributed by atoms with van der Waals surface area (Å²) in [6.07, 6.45) is 0. The molecule has 0 bridgehead atoms. The summed E-state index contributed by atoms with van der Waals surface area (Å²) in [6, 6.07) is 8.34. The van der Waals surface area contributed by atoms with Gasteiger partial charge in [-0.15, -0.1) is 5.75 Å². The number of fused-ring (bicyclic) bond motifs is 1. The van der Waals surface area contributed by atoms with Crippen LogP contribution in [0.3, 0.4) is 0 Å². The van der Waals surface area contributed by atoms with Crippen LogP contribution in [0.4, 0.5) is 4.39 Å². The fraction of sp³-hybridized carbons (Fsp3) is 0. The number of aromatic carboxylic acids is 1. The molecule has 1 heterocycles. The molecule has 0 radical (unpaired) electrons. The van der Waals surface area contributed by atoms with Crippen molar-refractivity contribution in [3.05, 3.63) is 64.3 Å². The van der Waals surface area contributed by atoms with Crippen LogP contribution >= 0.6 is 0 Å². The van der Waals surface area contributed by atoms with Crippen molar-refractivity contribution >= 4 is 16.9 Å². The van der Waals surface area contributed by atoms with E-state index in [1.165, 1.54) is 24.3 Å². The Bertz CT molecular complexity index is 941. The lowest BCUT2D eigenvalue weighted by atomic mass is 10.0. The molecule has 3 aromatic rings. The third kappa shape index (κ3) is 2.20. The van der Waals surface area contributed by atoms with E-state index in [0.29, 0.717) is 0 Å². The predicted octanol–water partition coefficient (Wildman–Crippen LogP) is 2.37. The Morgan fingerprint density at radius 2 is 1.82 bits per heavy atom. The van der Waals surface area contributed by atoms with Crippen LogP contribution in [0.25, 0.3) is 22.1 Å². The lowest BCUT2D eigenvalue weighted by molar-refractivity contribution is -0.268. The number of hydrogen-bond acceptors (Lipinski definition) is 4. The monoisotopic (exact) mass is 299 g/mol. The van der Waals surface area contributed by atoms with Gasteiger partial charge in [0.05, 0.1) is 10.9 Å². The molecule has 0 unspecified atom stereocenters. The molecule has 0 aliphatic heterocycles. The predicted molar refractivity (Wildman–Crippen MR) is 74.3 cm³/mol. The summed E-state index contributed by atoms with van der Waals surface area (Å²) in [5, 5.41) is 20.7. The normalized spacial score (nSPS) is 10.8. The molecule has 2 aromatic carbocycles. The Morgan fingerprint density at radius 3 is 2.45 bits per heavy atom. The highest BCUT2D eigenvalue weighted by Gasteiger charge is 2.21. The molecule has 22 heavy (non-hydrogen) atoms. The summed E-state index contributed by atoms with van der Waals surface area (Å²) in [5.74, 6) is -2.95. The second kappa shape index (κ2) is 5.00. The van der Waals surface area contributed by atoms with Gasteiger partial charge in [-0.25, -0.2) is 9.18 Å². The number of rotatable bonds is 2. The van der Waals surface area contributed by atoms with Crippen LogP contribution in [-0.4, -0.2) is 11.1 Å². The average molecular weight is 299 g/mol. The van der Waals surface area contributed by atoms with Gasteiger partial charge in [0.25, 0.3) is 0 Å². The van der Waals surface area contributed by atoms with Gasteiger partial charge < -0.3 is 14.6 Å². The summed E-state index contributed by atoms with van der Waals surface area (Å²) in [5.41, 5.74) is -0.648. The number of carboxylic acids is 1. The van der Waals surface area contributed by atoms with Crippen molar-refractivity contribution < 1.29 is 23.8 Å². The van der Waals surface area contributed by atoms with E-state index < -0.39 is 28.7 Å². The van der Waals surface area contributed by atoms with Crippen LogP contribution in [0.1, 0.15) is 10.6 Å². The second-order valence-electron chi connectivity index (χ2n) is 4.61. The molecular weight excluding hydrogens is 291 g/mol. The van der Waals surface area contributed by atoms with E-state index in [-0.39, 0.29) is 22.1 Å². The van der Waals surface area contributed by atoms with Crippen LogP contribution in [0.2, 0.25) is 0 Å². The van der Waals surface area contributed by atoms with Crippen molar-refractivity contribution in [3.63, 3.8) is 0 Å². The molecule has 1 N–H and O–H groups in total. The number of carbonyl (C=O) groups is 1. The molecule has 0 spiro atoms. The molecule has 0 saturated heterocycles. The van der Waals surface area contributed by atoms with Gasteiger partial charge in [-0.2, -0.15) is 0 Å². The van der Waals surface area contributed by atoms with E-state index in [2.05, 4.69) is 0 Å². The van der Waals surface area contributed by atoms with Gasteiger partial charge in [0.15, 0.2) is 0 Å². The van der Waals surface area contributed by atoms with Crippen molar-refractivity contribution in [1.29, 1.82) is 0 Å². The smallest absolute Gasteiger partial charge is 0.372 e. The molecule has 110 valence electrons. The third-order valence-electron chi connectivity index (χ3n) is 3.19. The van der Waals surface area contributed by atoms with Crippen molar-refractivity contribution in [2.75, 3.05) is 0 Å². The zero-order valence-corrected chi connectivity index (χ0v) is 11.0. The highest BCUT2D eigenvalue weighted by atomic mass is 19.1. The van der Waals surface area contributed by atoms with E-state index in [4.69, 9.17) is 4.42 Å². The molecule has 3 rings (SSSR count). The maximum atomic E-state index is 13.0. The summed E-state index contributed by atoms with van der Waals surface area (Å²) >= 11 is 0. The first-order valence-electron chi connectivity index (χ1n) is 6.24. The van der Waals surface area contributed by atoms with Crippen LogP contribution in [0, 0.1) is 5.82 Å². The summed E-state index contributed by atoms with van der Waals surface area (Å²) in [7, 11) is 0. The largest absolute Gasteiger partial charge is 0.872 e. The van der Waals surface area contributed by atoms with Gasteiger partial charge in [0, 0.05) is 0 Å². The standard InChI is InChI=1S/C16H9FO5/c17-9-3-1-8(2-4-9)13-14(19)11-6-5-10(18)7-12(11)22-15(13)16(20)21/h1-7,18H,(H,20,21)/p-1. The first-order valence-corrected chi connectivity index (χ1v) is 6.24. The van der Waals surface area contributed by atoms with E-state index in [1.54, 1.807) is 0 Å². The number of halogens is 1. The van der Waals surface area contributed by atoms with Gasteiger partial charge in [-0.3, -0.25) is 4.79 Å². The minimum Gasteiger partial charge on any atom is -0.872 e. The molecule has 0 fully saturated rings. The fourth-order valence-electron chi connectivity index (χ4n) is 2.20. The van der Waals surface area contributed by atoms with Gasteiger partial charge >= 0.3 is 5.97 Å². The van der Waals surface area contributed by atoms with Gasteiger partial charge in [-0.05, 0) is 29.8 Å². The summed E-state index contributed by atoms with van der Waals surface area (Å²) in [4.78, 5) is 23.9. The quantitative estimate of drug-likeness (QED) is 0.784. The molecular formula is C16H8FO5-. The van der Waals surface area contributed by atoms with E-state index in [0.717, 1.165) is 18.2 Å². The third-order valence-corrected chi connectivity index (χ3v) is 3.19. The van der Waals surface area contributed by atoms with Crippen molar-refractivity contribution in [3.8, 4) is 16.9 Å². The lowest BCUT2D eigenvalue weighted by Gasteiger charge is -2.09. The lowest BCUT2D eigenvalue weighted by Crippen LogP contribution is -2.12. The SMILES string of the molecule is O=C(O)c1oc2cc([O-])ccc2c(=O)c1-c1ccc(F)cc1. The molecule has 0 saturated carbocycles. The van der Waals surface area contributed by atoms with Gasteiger partial charge in [-0.1, -0.05) is 18.2 Å². The highest BCUT2D eigenvalue weighted by Crippen LogP contribution is 2.26. The van der Waals surface area contributed by atoms with Crippen LogP contribution in [-0.2, 0) is 0 Å². The minimum absolute atomic E-state index is 0.0870. The van der Waals surface area contributed by atoms with Gasteiger partial charge in [0.1, 0.15) is 11.4 Å². The molecule has 0 amide bonds. The van der Waals surface area contributed by atoms with E-state index >= 15 is 0 Å². The Hall–Kier alpha value is -3.15. The highest BCUT2D eigenvalue weighted by molar-refractivity contribution is 5.96. The Balaban J connectivity index is 2.41. The van der Waals surface area contributed by atoms with Crippen LogP contribution < -0.4 is 10.5 Å². The Kier molecular flexibility index (Phi) is 3.14. The maximum Gasteiger partial charge on any atom is 0.372 e. The zero-order chi connectivity index (χ0) is 15.9. The molecule has 0 aliphatic carbocycles. The summed E-state index contributed by atoms with van der Waals surface area (Å²) in [6.45, 7) is 0. The fourth-order valence-corrected chi connectivity index (χ4v) is 2.20. The van der Waals surface area contributed by atoms with Crippen LogP contribution in [0.15, 0.2) is 51.7 Å². The molecule has 5 nitrogen and oxygen atoms in total. The molecule has 1 aromatic heterocycles. The first kappa shape index (κ1) is 13.8. The van der Waals surface area contributed by atoms with Crippen LogP contribution in [0.5, 0.6) is 5.75 Å². The Morgan fingerprint density at radius 1 is 1.14 bits per heavy atom. The molecule has 0 aliphatic rings. The average Bonchev–Trinajstić information content (AvgIpc) is 2.48. The van der Waals surface area contributed by atoms with Crippen molar-refractivity contribution in [2.24, 2.45) is 0 Å². The van der Waals surface area contributed by atoms with Crippen molar-refractivity contribution in [2.45, 2.75) is 0 Å². The summed E-state index contributed by atoms with van der Waals surface area (Å²) < 4.78 is 18.2. The van der Waals surface area contributed by atoms with Gasteiger partial charge in [0.2, 0.25) is 11.2 Å². The number of hydrogen-bond donors (Lipinski definition) is 1. The maximum absolute atomic E-state index is 13.0. The molecule has 0 atom stereocenters.